The second-order valence-corrected chi connectivity index (χ2v) is 6.94. The first-order chi connectivity index (χ1) is 12.8. The SMILES string of the molecule is O=C(Nc1ccc2ccccc2n1)[C@@H]1CCCN(Cc2ccccc2)C1. The van der Waals surface area contributed by atoms with Crippen LogP contribution >= 0.6 is 0 Å². The molecule has 1 amide bonds. The number of nitrogens with one attached hydrogen (secondary N) is 1. The standard InChI is InChI=1S/C22H23N3O/c26-22(24-21-13-12-18-9-4-5-11-20(18)23-21)19-10-6-14-25(16-19)15-17-7-2-1-3-8-17/h1-5,7-9,11-13,19H,6,10,14-16H2,(H,23,24,26)/t19-/m1/s1. The van der Waals surface area contributed by atoms with Gasteiger partial charge in [0.2, 0.25) is 5.91 Å². The van der Waals surface area contributed by atoms with Crippen molar-refractivity contribution in [1.29, 1.82) is 0 Å². The van der Waals surface area contributed by atoms with Gasteiger partial charge in [0.25, 0.3) is 0 Å². The molecular formula is C22H23N3O. The number of carbonyl (C=O) groups excluding carboxylic acids is 1. The summed E-state index contributed by atoms with van der Waals surface area (Å²) < 4.78 is 0. The molecule has 1 aliphatic heterocycles. The molecule has 4 rings (SSSR count). The first-order valence-corrected chi connectivity index (χ1v) is 9.21. The third-order valence-corrected chi connectivity index (χ3v) is 4.97. The molecule has 1 aliphatic rings. The minimum atomic E-state index is 0.0146. The van der Waals surface area contributed by atoms with Crippen molar-refractivity contribution < 1.29 is 4.79 Å². The molecule has 0 spiro atoms. The fraction of sp³-hybridized carbons (Fsp3) is 0.273. The maximum absolute atomic E-state index is 12.7. The van der Waals surface area contributed by atoms with Gasteiger partial charge in [0.1, 0.15) is 5.82 Å². The number of benzene rings is 2. The van der Waals surface area contributed by atoms with Crippen molar-refractivity contribution in [3.63, 3.8) is 0 Å². The Labute approximate surface area is 153 Å². The van der Waals surface area contributed by atoms with Crippen LogP contribution in [0.1, 0.15) is 18.4 Å². The zero-order valence-corrected chi connectivity index (χ0v) is 14.8. The molecular weight excluding hydrogens is 322 g/mol. The molecule has 1 atom stereocenters. The average molecular weight is 345 g/mol. The summed E-state index contributed by atoms with van der Waals surface area (Å²) in [5, 5.41) is 4.09. The molecule has 0 bridgehead atoms. The van der Waals surface area contributed by atoms with Gasteiger partial charge >= 0.3 is 0 Å². The van der Waals surface area contributed by atoms with Crippen molar-refractivity contribution in [1.82, 2.24) is 9.88 Å². The second-order valence-electron chi connectivity index (χ2n) is 6.94. The molecule has 2 heterocycles. The normalized spacial score (nSPS) is 17.9. The zero-order valence-electron chi connectivity index (χ0n) is 14.8. The molecule has 1 N–H and O–H groups in total. The van der Waals surface area contributed by atoms with Gasteiger partial charge in [-0.05, 0) is 43.1 Å². The number of rotatable bonds is 4. The van der Waals surface area contributed by atoms with E-state index in [9.17, 15) is 4.79 Å². The molecule has 1 fully saturated rings. The number of piperidine rings is 1. The Kier molecular flexibility index (Phi) is 4.93. The molecule has 3 aromatic rings. The van der Waals surface area contributed by atoms with Gasteiger partial charge in [-0.1, -0.05) is 48.5 Å². The Morgan fingerprint density at radius 3 is 2.73 bits per heavy atom. The zero-order chi connectivity index (χ0) is 17.8. The van der Waals surface area contributed by atoms with Crippen molar-refractivity contribution >= 4 is 22.6 Å². The van der Waals surface area contributed by atoms with E-state index >= 15 is 0 Å². The largest absolute Gasteiger partial charge is 0.310 e. The minimum absolute atomic E-state index is 0.0146. The van der Waals surface area contributed by atoms with Crippen molar-refractivity contribution in [3.8, 4) is 0 Å². The Morgan fingerprint density at radius 2 is 1.85 bits per heavy atom. The van der Waals surface area contributed by atoms with Gasteiger partial charge in [0.15, 0.2) is 0 Å². The van der Waals surface area contributed by atoms with Crippen molar-refractivity contribution in [2.24, 2.45) is 5.92 Å². The quantitative estimate of drug-likeness (QED) is 0.775. The number of amides is 1. The Balaban J connectivity index is 1.40. The summed E-state index contributed by atoms with van der Waals surface area (Å²) in [6, 6.07) is 22.3. The van der Waals surface area contributed by atoms with Crippen LogP contribution in [-0.4, -0.2) is 28.9 Å². The number of nitrogens with zero attached hydrogens (tertiary/aromatic N) is 2. The van der Waals surface area contributed by atoms with Crippen LogP contribution in [0.5, 0.6) is 0 Å². The molecule has 0 aliphatic carbocycles. The average Bonchev–Trinajstić information content (AvgIpc) is 2.69. The van der Waals surface area contributed by atoms with E-state index in [0.29, 0.717) is 5.82 Å². The van der Waals surface area contributed by atoms with Crippen LogP contribution in [0.2, 0.25) is 0 Å². The molecule has 0 saturated carbocycles. The summed E-state index contributed by atoms with van der Waals surface area (Å²) in [4.78, 5) is 19.6. The minimum Gasteiger partial charge on any atom is -0.310 e. The first-order valence-electron chi connectivity index (χ1n) is 9.21. The van der Waals surface area contributed by atoms with Gasteiger partial charge < -0.3 is 5.32 Å². The van der Waals surface area contributed by atoms with Gasteiger partial charge in [-0.3, -0.25) is 9.69 Å². The lowest BCUT2D eigenvalue weighted by Gasteiger charge is -2.32. The van der Waals surface area contributed by atoms with E-state index < -0.39 is 0 Å². The fourth-order valence-electron chi connectivity index (χ4n) is 3.62. The van der Waals surface area contributed by atoms with E-state index in [1.165, 1.54) is 5.56 Å². The van der Waals surface area contributed by atoms with Gasteiger partial charge in [-0.2, -0.15) is 0 Å². The highest BCUT2D eigenvalue weighted by molar-refractivity contribution is 5.93. The summed E-state index contributed by atoms with van der Waals surface area (Å²) in [5.41, 5.74) is 2.20. The topological polar surface area (TPSA) is 45.2 Å². The monoisotopic (exact) mass is 345 g/mol. The summed E-state index contributed by atoms with van der Waals surface area (Å²) in [7, 11) is 0. The third kappa shape index (κ3) is 3.92. The van der Waals surface area contributed by atoms with Crippen LogP contribution in [0.4, 0.5) is 5.82 Å². The molecule has 132 valence electrons. The Morgan fingerprint density at radius 1 is 1.04 bits per heavy atom. The summed E-state index contributed by atoms with van der Waals surface area (Å²) in [6.45, 7) is 2.75. The maximum Gasteiger partial charge on any atom is 0.229 e. The van der Waals surface area contributed by atoms with E-state index in [4.69, 9.17) is 0 Å². The van der Waals surface area contributed by atoms with E-state index in [2.05, 4.69) is 39.5 Å². The number of aromatic nitrogens is 1. The van der Waals surface area contributed by atoms with Gasteiger partial charge in [-0.15, -0.1) is 0 Å². The van der Waals surface area contributed by atoms with Gasteiger partial charge in [0, 0.05) is 18.5 Å². The molecule has 4 nitrogen and oxygen atoms in total. The van der Waals surface area contributed by atoms with E-state index in [-0.39, 0.29) is 11.8 Å². The molecule has 0 radical (unpaired) electrons. The predicted octanol–water partition coefficient (Wildman–Crippen LogP) is 4.09. The lowest BCUT2D eigenvalue weighted by molar-refractivity contribution is -0.121. The molecule has 1 saturated heterocycles. The number of carbonyl (C=O) groups is 1. The fourth-order valence-corrected chi connectivity index (χ4v) is 3.62. The third-order valence-electron chi connectivity index (χ3n) is 4.97. The van der Waals surface area contributed by atoms with Gasteiger partial charge in [-0.25, -0.2) is 4.98 Å². The van der Waals surface area contributed by atoms with Crippen LogP contribution in [0.25, 0.3) is 10.9 Å². The molecule has 4 heteroatoms. The summed E-state index contributed by atoms with van der Waals surface area (Å²) >= 11 is 0. The summed E-state index contributed by atoms with van der Waals surface area (Å²) in [5.74, 6) is 0.722. The highest BCUT2D eigenvalue weighted by Crippen LogP contribution is 2.21. The molecule has 26 heavy (non-hydrogen) atoms. The van der Waals surface area contributed by atoms with Crippen LogP contribution in [0.15, 0.2) is 66.7 Å². The van der Waals surface area contributed by atoms with Crippen LogP contribution < -0.4 is 5.32 Å². The molecule has 0 unspecified atom stereocenters. The number of anilines is 1. The molecule has 2 aromatic carbocycles. The Bertz CT molecular complexity index is 894. The number of para-hydroxylation sites is 1. The van der Waals surface area contributed by atoms with Gasteiger partial charge in [0.05, 0.1) is 11.4 Å². The Hall–Kier alpha value is -2.72. The lowest BCUT2D eigenvalue weighted by Crippen LogP contribution is -2.40. The smallest absolute Gasteiger partial charge is 0.229 e. The first kappa shape index (κ1) is 16.7. The number of hydrogen-bond donors (Lipinski definition) is 1. The lowest BCUT2D eigenvalue weighted by atomic mass is 9.96. The summed E-state index contributed by atoms with van der Waals surface area (Å²) in [6.07, 6.45) is 1.99. The number of likely N-dealkylation sites (tertiary alicyclic amines) is 1. The van der Waals surface area contributed by atoms with Crippen LogP contribution in [0, 0.1) is 5.92 Å². The van der Waals surface area contributed by atoms with E-state index in [1.54, 1.807) is 0 Å². The van der Waals surface area contributed by atoms with Crippen molar-refractivity contribution in [3.05, 3.63) is 72.3 Å². The molecule has 1 aromatic heterocycles. The van der Waals surface area contributed by atoms with Crippen LogP contribution in [0.3, 0.4) is 0 Å². The number of hydrogen-bond acceptors (Lipinski definition) is 3. The highest BCUT2D eigenvalue weighted by Gasteiger charge is 2.26. The van der Waals surface area contributed by atoms with E-state index in [1.807, 2.05) is 42.5 Å². The van der Waals surface area contributed by atoms with Crippen molar-refractivity contribution in [2.45, 2.75) is 19.4 Å². The maximum atomic E-state index is 12.7. The highest BCUT2D eigenvalue weighted by atomic mass is 16.2. The number of fused-ring (bicyclic) bond motifs is 1. The predicted molar refractivity (Wildman–Crippen MR) is 105 cm³/mol. The second kappa shape index (κ2) is 7.67. The number of pyridine rings is 1. The van der Waals surface area contributed by atoms with E-state index in [0.717, 1.165) is 43.4 Å². The van der Waals surface area contributed by atoms with Crippen molar-refractivity contribution in [2.75, 3.05) is 18.4 Å². The van der Waals surface area contributed by atoms with Crippen LogP contribution in [-0.2, 0) is 11.3 Å².